The molecule has 0 heterocycles. The van der Waals surface area contributed by atoms with Gasteiger partial charge in [0.2, 0.25) is 0 Å². The molecule has 64 heavy (non-hydrogen) atoms. The molecule has 0 rings (SSSR count). The van der Waals surface area contributed by atoms with Crippen LogP contribution in [0.15, 0.2) is 85.1 Å². The molecule has 5 heteroatoms. The van der Waals surface area contributed by atoms with E-state index in [-0.39, 0.29) is 25.2 Å². The van der Waals surface area contributed by atoms with Gasteiger partial charge in [-0.3, -0.25) is 9.59 Å². The Balaban J connectivity index is 4.34. The summed E-state index contributed by atoms with van der Waals surface area (Å²) in [6, 6.07) is 0. The van der Waals surface area contributed by atoms with Crippen LogP contribution in [-0.2, 0) is 23.8 Å². The maximum atomic E-state index is 12.8. The molecule has 1 atom stereocenters. The van der Waals surface area contributed by atoms with Gasteiger partial charge in [0.25, 0.3) is 0 Å². The van der Waals surface area contributed by atoms with E-state index in [1.54, 1.807) is 0 Å². The third-order valence-corrected chi connectivity index (χ3v) is 11.4. The molecule has 0 bridgehead atoms. The summed E-state index contributed by atoms with van der Waals surface area (Å²) in [6.07, 6.45) is 71.7. The van der Waals surface area contributed by atoms with Crippen LogP contribution in [0, 0.1) is 0 Å². The van der Waals surface area contributed by atoms with Gasteiger partial charge in [-0.25, -0.2) is 0 Å². The van der Waals surface area contributed by atoms with Gasteiger partial charge in [0, 0.05) is 19.4 Å². The normalized spacial score (nSPS) is 12.9. The summed E-state index contributed by atoms with van der Waals surface area (Å²) in [5, 5.41) is 0. The molecule has 0 saturated heterocycles. The predicted octanol–water partition coefficient (Wildman–Crippen LogP) is 18.5. The Kier molecular flexibility index (Phi) is 51.9. The zero-order valence-electron chi connectivity index (χ0n) is 42.3. The maximum absolute atomic E-state index is 12.8. The van der Waals surface area contributed by atoms with E-state index < -0.39 is 6.10 Å². The van der Waals surface area contributed by atoms with Crippen LogP contribution in [0.5, 0.6) is 0 Å². The van der Waals surface area contributed by atoms with Gasteiger partial charge in [0.15, 0.2) is 6.10 Å². The van der Waals surface area contributed by atoms with Crippen LogP contribution in [0.25, 0.3) is 0 Å². The van der Waals surface area contributed by atoms with Crippen LogP contribution >= 0.6 is 0 Å². The van der Waals surface area contributed by atoms with Gasteiger partial charge in [-0.15, -0.1) is 0 Å². The largest absolute Gasteiger partial charge is 0.462 e. The Hall–Kier alpha value is -2.92. The van der Waals surface area contributed by atoms with Crippen molar-refractivity contribution in [2.24, 2.45) is 0 Å². The van der Waals surface area contributed by atoms with E-state index in [9.17, 15) is 9.59 Å². The highest BCUT2D eigenvalue weighted by molar-refractivity contribution is 5.70. The van der Waals surface area contributed by atoms with E-state index >= 15 is 0 Å². The highest BCUT2D eigenvalue weighted by atomic mass is 16.6. The van der Waals surface area contributed by atoms with E-state index in [1.807, 2.05) is 0 Å². The minimum atomic E-state index is -0.564. The lowest BCUT2D eigenvalue weighted by Gasteiger charge is -2.18. The first kappa shape index (κ1) is 61.1. The molecule has 5 nitrogen and oxygen atoms in total. The van der Waals surface area contributed by atoms with Gasteiger partial charge in [-0.05, 0) is 89.9 Å². The third kappa shape index (κ3) is 51.7. The van der Waals surface area contributed by atoms with Crippen molar-refractivity contribution in [2.75, 3.05) is 19.8 Å². The van der Waals surface area contributed by atoms with Crippen LogP contribution in [0.4, 0.5) is 0 Å². The zero-order chi connectivity index (χ0) is 46.3. The fourth-order valence-electron chi connectivity index (χ4n) is 7.46. The third-order valence-electron chi connectivity index (χ3n) is 11.4. The van der Waals surface area contributed by atoms with Crippen molar-refractivity contribution in [1.82, 2.24) is 0 Å². The second-order valence-electron chi connectivity index (χ2n) is 17.7. The van der Waals surface area contributed by atoms with Gasteiger partial charge < -0.3 is 14.2 Å². The average Bonchev–Trinajstić information content (AvgIpc) is 3.30. The van der Waals surface area contributed by atoms with Crippen LogP contribution in [-0.4, -0.2) is 37.9 Å². The van der Waals surface area contributed by atoms with Crippen molar-refractivity contribution >= 4 is 11.9 Å². The molecular formula is C59H102O5. The van der Waals surface area contributed by atoms with Gasteiger partial charge in [-0.1, -0.05) is 234 Å². The first-order chi connectivity index (χ1) is 31.6. The van der Waals surface area contributed by atoms with Crippen molar-refractivity contribution in [1.29, 1.82) is 0 Å². The first-order valence-electron chi connectivity index (χ1n) is 27.1. The Bertz CT molecular complexity index is 1190. The number of allylic oxidation sites excluding steroid dienone is 14. The van der Waals surface area contributed by atoms with Gasteiger partial charge in [-0.2, -0.15) is 0 Å². The molecule has 0 aliphatic carbocycles. The van der Waals surface area contributed by atoms with Crippen LogP contribution in [0.2, 0.25) is 0 Å². The Morgan fingerprint density at radius 3 is 1.16 bits per heavy atom. The monoisotopic (exact) mass is 891 g/mol. The fourth-order valence-corrected chi connectivity index (χ4v) is 7.46. The molecule has 0 radical (unpaired) electrons. The second kappa shape index (κ2) is 54.4. The van der Waals surface area contributed by atoms with E-state index in [0.29, 0.717) is 19.4 Å². The number of carbonyl (C=O) groups is 2. The molecule has 368 valence electrons. The van der Waals surface area contributed by atoms with Crippen molar-refractivity contribution in [2.45, 2.75) is 258 Å². The summed E-state index contributed by atoms with van der Waals surface area (Å²) < 4.78 is 17.4. The number of esters is 2. The van der Waals surface area contributed by atoms with Crippen molar-refractivity contribution in [3.63, 3.8) is 0 Å². The molecule has 0 aliphatic rings. The lowest BCUT2D eigenvalue weighted by atomic mass is 10.0. The molecule has 0 fully saturated rings. The minimum Gasteiger partial charge on any atom is -0.462 e. The predicted molar refractivity (Wildman–Crippen MR) is 279 cm³/mol. The Morgan fingerprint density at radius 2 is 0.703 bits per heavy atom. The first-order valence-corrected chi connectivity index (χ1v) is 27.1. The summed E-state index contributed by atoms with van der Waals surface area (Å²) in [5.41, 5.74) is 0. The number of carbonyl (C=O) groups excluding carboxylic acids is 2. The summed E-state index contributed by atoms with van der Waals surface area (Å²) in [6.45, 7) is 7.57. The van der Waals surface area contributed by atoms with Crippen molar-refractivity contribution in [3.8, 4) is 0 Å². The molecule has 0 aliphatic heterocycles. The van der Waals surface area contributed by atoms with E-state index in [2.05, 4.69) is 106 Å². The molecule has 0 aromatic rings. The molecule has 0 spiro atoms. The average molecular weight is 891 g/mol. The Morgan fingerprint density at radius 1 is 0.359 bits per heavy atom. The summed E-state index contributed by atoms with van der Waals surface area (Å²) in [4.78, 5) is 25.4. The van der Waals surface area contributed by atoms with Crippen molar-refractivity contribution < 1.29 is 23.8 Å². The standard InChI is InChI=1S/C59H102O5/c1-4-7-10-13-16-19-22-25-28-30-32-34-37-40-43-46-49-52-58(60)63-56-57(55-62-54-51-48-45-42-39-36-33-29-26-23-20-17-14-11-8-5-2)64-59(61)53-50-47-44-41-38-35-31-27-24-21-18-15-12-9-6-3/h7,9-10,12,16,18-19,21,25,27-28,31,38,41,57H,4-6,8,11,13-15,17,20,22-24,26,29-30,32-37,39-40,42-56H2,1-3H3/b10-7-,12-9-,19-16-,21-18-,28-25-,31-27-,41-38-. The van der Waals surface area contributed by atoms with Gasteiger partial charge in [0.1, 0.15) is 6.61 Å². The zero-order valence-corrected chi connectivity index (χ0v) is 42.3. The summed E-state index contributed by atoms with van der Waals surface area (Å²) >= 11 is 0. The van der Waals surface area contributed by atoms with E-state index in [1.165, 1.54) is 116 Å². The lowest BCUT2D eigenvalue weighted by Crippen LogP contribution is -2.30. The smallest absolute Gasteiger partial charge is 0.306 e. The number of unbranched alkanes of at least 4 members (excludes halogenated alkanes) is 24. The molecule has 0 N–H and O–H groups in total. The molecule has 0 amide bonds. The molecule has 0 aromatic carbocycles. The number of rotatable bonds is 49. The number of hydrogen-bond donors (Lipinski definition) is 0. The fraction of sp³-hybridized carbons (Fsp3) is 0.729. The van der Waals surface area contributed by atoms with Gasteiger partial charge >= 0.3 is 11.9 Å². The minimum absolute atomic E-state index is 0.0620. The summed E-state index contributed by atoms with van der Waals surface area (Å²) in [5.74, 6) is -0.452. The summed E-state index contributed by atoms with van der Waals surface area (Å²) in [7, 11) is 0. The highest BCUT2D eigenvalue weighted by Crippen LogP contribution is 2.15. The molecular weight excluding hydrogens is 789 g/mol. The van der Waals surface area contributed by atoms with Crippen LogP contribution in [0.1, 0.15) is 252 Å². The quantitative estimate of drug-likeness (QED) is 0.0346. The second-order valence-corrected chi connectivity index (χ2v) is 17.7. The molecule has 0 aromatic heterocycles. The lowest BCUT2D eigenvalue weighted by molar-refractivity contribution is -0.163. The Labute approximate surface area is 397 Å². The van der Waals surface area contributed by atoms with E-state index in [4.69, 9.17) is 14.2 Å². The van der Waals surface area contributed by atoms with Gasteiger partial charge in [0.05, 0.1) is 6.61 Å². The van der Waals surface area contributed by atoms with Crippen molar-refractivity contribution in [3.05, 3.63) is 85.1 Å². The van der Waals surface area contributed by atoms with Crippen LogP contribution < -0.4 is 0 Å². The SMILES string of the molecule is CC/C=C\C/C=C\C/C=C\C/C=C\CCCCC(=O)OC(COCCCCCCCCCCCCCCCCCC)COC(=O)CCCCCCCCC/C=C\C/C=C\C/C=C\CC. The maximum Gasteiger partial charge on any atom is 0.306 e. The van der Waals surface area contributed by atoms with Crippen LogP contribution in [0.3, 0.4) is 0 Å². The molecule has 1 unspecified atom stereocenters. The molecule has 0 saturated carbocycles. The number of ether oxygens (including phenoxy) is 3. The van der Waals surface area contributed by atoms with E-state index in [0.717, 1.165) is 103 Å². The highest BCUT2D eigenvalue weighted by Gasteiger charge is 2.17. The number of hydrogen-bond acceptors (Lipinski definition) is 5. The topological polar surface area (TPSA) is 61.8 Å².